The summed E-state index contributed by atoms with van der Waals surface area (Å²) in [6.07, 6.45) is 0. The molecule has 0 aliphatic carbocycles. The predicted octanol–water partition coefficient (Wildman–Crippen LogP) is 3.65. The number of halogens is 1. The van der Waals surface area contributed by atoms with Crippen LogP contribution in [0.5, 0.6) is 0 Å². The van der Waals surface area contributed by atoms with Crippen LogP contribution in [0.1, 0.15) is 25.0 Å². The van der Waals surface area contributed by atoms with E-state index in [0.717, 1.165) is 0 Å². The summed E-state index contributed by atoms with van der Waals surface area (Å²) in [4.78, 5) is 13.8. The molecule has 2 saturated heterocycles. The van der Waals surface area contributed by atoms with Gasteiger partial charge in [0.2, 0.25) is 17.2 Å². The Morgan fingerprint density at radius 1 is 0.848 bits per heavy atom. The van der Waals surface area contributed by atoms with Crippen LogP contribution >= 0.6 is 0 Å². The van der Waals surface area contributed by atoms with Crippen molar-refractivity contribution in [2.45, 2.75) is 36.6 Å². The van der Waals surface area contributed by atoms with E-state index >= 15 is 0 Å². The van der Waals surface area contributed by atoms with Gasteiger partial charge in [-0.05, 0) is 29.8 Å². The van der Waals surface area contributed by atoms with Crippen LogP contribution in [-0.2, 0) is 25.7 Å². The Balaban J connectivity index is 1.73. The zero-order chi connectivity index (χ0) is 23.5. The highest BCUT2D eigenvalue weighted by Gasteiger charge is 2.97. The first-order chi connectivity index (χ1) is 15.7. The quantitative estimate of drug-likeness (QED) is 0.518. The molecule has 3 N–H and O–H groups in total. The molecule has 0 unspecified atom stereocenters. The summed E-state index contributed by atoms with van der Waals surface area (Å²) in [6.45, 7) is 3.34. The van der Waals surface area contributed by atoms with E-state index in [0.29, 0.717) is 11.3 Å². The van der Waals surface area contributed by atoms with Gasteiger partial charge < -0.3 is 25.0 Å². The van der Waals surface area contributed by atoms with E-state index < -0.39 is 40.4 Å². The number of aliphatic hydroxyl groups is 2. The Morgan fingerprint density at radius 2 is 1.42 bits per heavy atom. The van der Waals surface area contributed by atoms with Crippen molar-refractivity contribution >= 4 is 11.6 Å². The molecule has 0 radical (unpaired) electrons. The van der Waals surface area contributed by atoms with Crippen LogP contribution in [0.3, 0.4) is 0 Å². The van der Waals surface area contributed by atoms with Gasteiger partial charge in [0, 0.05) is 17.2 Å². The van der Waals surface area contributed by atoms with Crippen LogP contribution in [0.4, 0.5) is 10.1 Å². The number of nitrogens with one attached hydrogen (secondary N) is 1. The summed E-state index contributed by atoms with van der Waals surface area (Å²) in [6, 6.07) is 22.5. The molecule has 7 heteroatoms. The number of anilines is 1. The first kappa shape index (κ1) is 21.7. The lowest BCUT2D eigenvalue weighted by molar-refractivity contribution is -0.366. The largest absolute Gasteiger partial charge is 0.362 e. The molecule has 3 aromatic rings. The molecule has 2 fully saturated rings. The average Bonchev–Trinajstić information content (AvgIpc) is 3.50. The van der Waals surface area contributed by atoms with Gasteiger partial charge in [0.05, 0.1) is 0 Å². The number of carbonyl (C=O) groups is 1. The van der Waals surface area contributed by atoms with Gasteiger partial charge in [-0.1, -0.05) is 74.5 Å². The van der Waals surface area contributed by atoms with Crippen LogP contribution in [0, 0.1) is 11.7 Å². The molecule has 2 aliphatic heterocycles. The second kappa shape index (κ2) is 7.20. The van der Waals surface area contributed by atoms with Gasteiger partial charge in [-0.15, -0.1) is 0 Å². The number of carbonyl (C=O) groups excluding carboxylic acids is 1. The molecule has 0 bridgehead atoms. The van der Waals surface area contributed by atoms with E-state index in [-0.39, 0.29) is 5.56 Å². The SMILES string of the molecule is CC(C)[C@]1(O)O[C@](O)(c2ccc(F)cc2)[C@]2(c3ccccc3)O[C@]21C(=O)Nc1ccccc1. The molecule has 0 aromatic heterocycles. The molecule has 0 saturated carbocycles. The molecule has 2 heterocycles. The van der Waals surface area contributed by atoms with E-state index in [1.54, 1.807) is 68.4 Å². The fourth-order valence-corrected chi connectivity index (χ4v) is 4.91. The fraction of sp³-hybridized carbons (Fsp3) is 0.269. The zero-order valence-corrected chi connectivity index (χ0v) is 18.2. The van der Waals surface area contributed by atoms with E-state index in [9.17, 15) is 19.4 Å². The molecule has 6 nitrogen and oxygen atoms in total. The monoisotopic (exact) mass is 449 g/mol. The van der Waals surface area contributed by atoms with Crippen LogP contribution in [0.25, 0.3) is 0 Å². The maximum Gasteiger partial charge on any atom is 0.266 e. The van der Waals surface area contributed by atoms with Crippen molar-refractivity contribution in [2.75, 3.05) is 5.32 Å². The summed E-state index contributed by atoms with van der Waals surface area (Å²) in [5.41, 5.74) is -2.67. The molecular weight excluding hydrogens is 425 g/mol. The van der Waals surface area contributed by atoms with Gasteiger partial charge in [-0.25, -0.2) is 4.39 Å². The van der Waals surface area contributed by atoms with Gasteiger partial charge in [0.1, 0.15) is 5.82 Å². The maximum atomic E-state index is 13.8. The minimum Gasteiger partial charge on any atom is -0.362 e. The number of para-hydroxylation sites is 1. The Labute approximate surface area is 190 Å². The van der Waals surface area contributed by atoms with E-state index in [4.69, 9.17) is 9.47 Å². The highest BCUT2D eigenvalue weighted by atomic mass is 19.1. The second-order valence-electron chi connectivity index (χ2n) is 8.75. The zero-order valence-electron chi connectivity index (χ0n) is 18.2. The summed E-state index contributed by atoms with van der Waals surface area (Å²) in [5.74, 6) is -6.30. The van der Waals surface area contributed by atoms with Gasteiger partial charge in [0.15, 0.2) is 5.60 Å². The van der Waals surface area contributed by atoms with Crippen LogP contribution in [0.15, 0.2) is 84.9 Å². The average molecular weight is 449 g/mol. The lowest BCUT2D eigenvalue weighted by Gasteiger charge is -2.37. The number of amides is 1. The molecule has 33 heavy (non-hydrogen) atoms. The van der Waals surface area contributed by atoms with Gasteiger partial charge in [-0.3, -0.25) is 4.79 Å². The minimum atomic E-state index is -2.28. The van der Waals surface area contributed by atoms with E-state index in [1.165, 1.54) is 24.3 Å². The van der Waals surface area contributed by atoms with Crippen LogP contribution in [-0.4, -0.2) is 27.5 Å². The summed E-state index contributed by atoms with van der Waals surface area (Å²) < 4.78 is 25.9. The molecule has 5 rings (SSSR count). The number of epoxide rings is 1. The first-order valence-electron chi connectivity index (χ1n) is 10.7. The highest BCUT2D eigenvalue weighted by molar-refractivity contribution is 6.02. The van der Waals surface area contributed by atoms with Crippen LogP contribution in [0.2, 0.25) is 0 Å². The Bertz CT molecular complexity index is 1190. The van der Waals surface area contributed by atoms with Crippen molar-refractivity contribution in [3.63, 3.8) is 0 Å². The van der Waals surface area contributed by atoms with Crippen molar-refractivity contribution < 1.29 is 28.9 Å². The lowest BCUT2D eigenvalue weighted by atomic mass is 9.74. The number of fused-ring (bicyclic) bond motifs is 1. The van der Waals surface area contributed by atoms with Crippen molar-refractivity contribution in [3.05, 3.63) is 102 Å². The second-order valence-corrected chi connectivity index (χ2v) is 8.75. The molecule has 2 aliphatic rings. The van der Waals surface area contributed by atoms with Gasteiger partial charge in [0.25, 0.3) is 5.91 Å². The number of rotatable bonds is 5. The standard InChI is InChI=1S/C26H24FNO5/c1-17(2)25(30)24(22(29)28-21-11-7-4-8-12-21)23(32-24,18-9-5-3-6-10-18)26(31,33-25)19-13-15-20(27)16-14-19/h3-17,30-31H,1-2H3,(H,28,29)/t23-,24-,25+,26-/m1/s1. The highest BCUT2D eigenvalue weighted by Crippen LogP contribution is 2.76. The molecule has 0 spiro atoms. The van der Waals surface area contributed by atoms with Crippen molar-refractivity contribution in [3.8, 4) is 0 Å². The topological polar surface area (TPSA) is 91.3 Å². The molecule has 3 aromatic carbocycles. The van der Waals surface area contributed by atoms with Crippen molar-refractivity contribution in [1.29, 1.82) is 0 Å². The first-order valence-corrected chi connectivity index (χ1v) is 10.7. The number of ether oxygens (including phenoxy) is 2. The van der Waals surface area contributed by atoms with E-state index in [2.05, 4.69) is 5.32 Å². The van der Waals surface area contributed by atoms with Crippen molar-refractivity contribution in [1.82, 2.24) is 0 Å². The fourth-order valence-electron chi connectivity index (χ4n) is 4.91. The third kappa shape index (κ3) is 2.71. The van der Waals surface area contributed by atoms with Crippen LogP contribution < -0.4 is 5.32 Å². The lowest BCUT2D eigenvalue weighted by Crippen LogP contribution is -2.56. The Kier molecular flexibility index (Phi) is 4.74. The van der Waals surface area contributed by atoms with E-state index in [1.807, 2.05) is 6.07 Å². The third-order valence-electron chi connectivity index (χ3n) is 6.60. The summed E-state index contributed by atoms with van der Waals surface area (Å²) in [5, 5.41) is 26.6. The van der Waals surface area contributed by atoms with Gasteiger partial charge >= 0.3 is 0 Å². The van der Waals surface area contributed by atoms with Gasteiger partial charge in [-0.2, -0.15) is 0 Å². The predicted molar refractivity (Wildman–Crippen MR) is 118 cm³/mol. The molecular formula is C26H24FNO5. The normalized spacial score (nSPS) is 32.4. The Hall–Kier alpha value is -3.10. The smallest absolute Gasteiger partial charge is 0.266 e. The minimum absolute atomic E-state index is 0.152. The molecule has 4 atom stereocenters. The summed E-state index contributed by atoms with van der Waals surface area (Å²) in [7, 11) is 0. The molecule has 1 amide bonds. The number of benzene rings is 3. The maximum absolute atomic E-state index is 13.8. The van der Waals surface area contributed by atoms with Crippen molar-refractivity contribution in [2.24, 2.45) is 5.92 Å². The summed E-state index contributed by atoms with van der Waals surface area (Å²) >= 11 is 0. The number of hydrogen-bond acceptors (Lipinski definition) is 5. The molecule has 170 valence electrons. The Morgan fingerprint density at radius 3 is 2.00 bits per heavy atom. The third-order valence-corrected chi connectivity index (χ3v) is 6.60. The number of hydrogen-bond donors (Lipinski definition) is 3.